The van der Waals surface area contributed by atoms with E-state index in [9.17, 15) is 5.11 Å². The molecule has 0 aliphatic carbocycles. The SMILES string of the molecule is COc1cc(Br)c(C=CCS)cc1O. The summed E-state index contributed by atoms with van der Waals surface area (Å²) in [5.74, 6) is 1.26. The smallest absolute Gasteiger partial charge is 0.161 e. The molecule has 0 saturated carbocycles. The second-order valence-corrected chi connectivity index (χ2v) is 3.85. The highest BCUT2D eigenvalue weighted by Gasteiger charge is 2.05. The van der Waals surface area contributed by atoms with Crippen molar-refractivity contribution in [2.24, 2.45) is 0 Å². The molecule has 1 aromatic carbocycles. The lowest BCUT2D eigenvalue weighted by Crippen LogP contribution is -1.85. The normalized spacial score (nSPS) is 10.8. The van der Waals surface area contributed by atoms with Crippen LogP contribution >= 0.6 is 28.6 Å². The van der Waals surface area contributed by atoms with Crippen molar-refractivity contribution >= 4 is 34.6 Å². The first-order chi connectivity index (χ1) is 6.69. The highest BCUT2D eigenvalue weighted by atomic mass is 79.9. The zero-order chi connectivity index (χ0) is 10.6. The fraction of sp³-hybridized carbons (Fsp3) is 0.200. The average molecular weight is 275 g/mol. The summed E-state index contributed by atoms with van der Waals surface area (Å²) in [6, 6.07) is 3.37. The van der Waals surface area contributed by atoms with Gasteiger partial charge in [-0.2, -0.15) is 12.6 Å². The predicted octanol–water partition coefficient (Wildman–Crippen LogP) is 3.11. The van der Waals surface area contributed by atoms with Crippen LogP contribution in [0.15, 0.2) is 22.7 Å². The molecule has 0 radical (unpaired) electrons. The van der Waals surface area contributed by atoms with E-state index in [0.717, 1.165) is 10.0 Å². The summed E-state index contributed by atoms with van der Waals surface area (Å²) < 4.78 is 5.85. The lowest BCUT2D eigenvalue weighted by molar-refractivity contribution is 0.373. The Hall–Kier alpha value is -0.610. The van der Waals surface area contributed by atoms with Gasteiger partial charge in [0.2, 0.25) is 0 Å². The Kier molecular flexibility index (Phi) is 4.35. The molecule has 0 fully saturated rings. The summed E-state index contributed by atoms with van der Waals surface area (Å²) in [5, 5.41) is 9.52. The molecular formula is C10H11BrO2S. The maximum atomic E-state index is 9.52. The minimum absolute atomic E-state index is 0.134. The fourth-order valence-corrected chi connectivity index (χ4v) is 1.59. The molecule has 0 spiro atoms. The summed E-state index contributed by atoms with van der Waals surface area (Å²) in [4.78, 5) is 0. The van der Waals surface area contributed by atoms with Crippen LogP contribution in [0.25, 0.3) is 6.08 Å². The van der Waals surface area contributed by atoms with Crippen molar-refractivity contribution in [3.05, 3.63) is 28.2 Å². The van der Waals surface area contributed by atoms with Crippen LogP contribution in [-0.2, 0) is 0 Å². The van der Waals surface area contributed by atoms with Gasteiger partial charge >= 0.3 is 0 Å². The topological polar surface area (TPSA) is 29.5 Å². The molecule has 0 aliphatic heterocycles. The van der Waals surface area contributed by atoms with Gasteiger partial charge in [-0.3, -0.25) is 0 Å². The van der Waals surface area contributed by atoms with E-state index in [1.54, 1.807) is 12.1 Å². The monoisotopic (exact) mass is 274 g/mol. The summed E-state index contributed by atoms with van der Waals surface area (Å²) >= 11 is 7.45. The third-order valence-corrected chi connectivity index (χ3v) is 2.60. The summed E-state index contributed by atoms with van der Waals surface area (Å²) in [7, 11) is 1.52. The molecule has 14 heavy (non-hydrogen) atoms. The van der Waals surface area contributed by atoms with E-state index in [0.29, 0.717) is 11.5 Å². The zero-order valence-electron chi connectivity index (χ0n) is 7.70. The van der Waals surface area contributed by atoms with E-state index in [4.69, 9.17) is 4.74 Å². The Morgan fingerprint density at radius 3 is 2.86 bits per heavy atom. The maximum absolute atomic E-state index is 9.52. The Balaban J connectivity index is 3.08. The number of benzene rings is 1. The lowest BCUT2D eigenvalue weighted by atomic mass is 10.2. The van der Waals surface area contributed by atoms with Crippen LogP contribution in [0.1, 0.15) is 5.56 Å². The van der Waals surface area contributed by atoms with Gasteiger partial charge < -0.3 is 9.84 Å². The quantitative estimate of drug-likeness (QED) is 0.830. The number of rotatable bonds is 3. The largest absolute Gasteiger partial charge is 0.504 e. The fourth-order valence-electron chi connectivity index (χ4n) is 1.03. The number of aromatic hydroxyl groups is 1. The number of methoxy groups -OCH3 is 1. The number of hydrogen-bond donors (Lipinski definition) is 2. The van der Waals surface area contributed by atoms with Gasteiger partial charge in [0.05, 0.1) is 7.11 Å². The van der Waals surface area contributed by atoms with Gasteiger partial charge in [0.25, 0.3) is 0 Å². The second-order valence-electron chi connectivity index (χ2n) is 2.63. The van der Waals surface area contributed by atoms with Gasteiger partial charge in [-0.15, -0.1) is 0 Å². The molecular weight excluding hydrogens is 264 g/mol. The Bertz CT molecular complexity index is 350. The lowest BCUT2D eigenvalue weighted by Gasteiger charge is -2.06. The van der Waals surface area contributed by atoms with Crippen LogP contribution in [0.4, 0.5) is 0 Å². The van der Waals surface area contributed by atoms with E-state index < -0.39 is 0 Å². The van der Waals surface area contributed by atoms with Crippen LogP contribution in [0.5, 0.6) is 11.5 Å². The first-order valence-corrected chi connectivity index (χ1v) is 5.45. The molecule has 0 atom stereocenters. The number of halogens is 1. The molecule has 4 heteroatoms. The van der Waals surface area contributed by atoms with Crippen molar-refractivity contribution in [3.8, 4) is 11.5 Å². The van der Waals surface area contributed by atoms with Crippen LogP contribution < -0.4 is 4.74 Å². The molecule has 0 amide bonds. The molecule has 0 bridgehead atoms. The van der Waals surface area contributed by atoms with Crippen molar-refractivity contribution in [2.75, 3.05) is 12.9 Å². The van der Waals surface area contributed by atoms with Gasteiger partial charge in [-0.1, -0.05) is 28.1 Å². The van der Waals surface area contributed by atoms with Gasteiger partial charge in [0.15, 0.2) is 11.5 Å². The average Bonchev–Trinajstić information content (AvgIpc) is 2.18. The van der Waals surface area contributed by atoms with E-state index in [-0.39, 0.29) is 5.75 Å². The molecule has 2 nitrogen and oxygen atoms in total. The van der Waals surface area contributed by atoms with Gasteiger partial charge in [-0.05, 0) is 17.7 Å². The number of ether oxygens (including phenoxy) is 1. The molecule has 0 unspecified atom stereocenters. The minimum Gasteiger partial charge on any atom is -0.504 e. The highest BCUT2D eigenvalue weighted by molar-refractivity contribution is 9.10. The first kappa shape index (κ1) is 11.5. The molecule has 0 aromatic heterocycles. The van der Waals surface area contributed by atoms with Crippen molar-refractivity contribution in [2.45, 2.75) is 0 Å². The standard InChI is InChI=1S/C10H11BrO2S/c1-13-10-6-8(11)7(3-2-4-14)5-9(10)12/h2-3,5-6,12,14H,4H2,1H3. The van der Waals surface area contributed by atoms with Crippen molar-refractivity contribution in [1.29, 1.82) is 0 Å². The van der Waals surface area contributed by atoms with Gasteiger partial charge in [0.1, 0.15) is 0 Å². The Morgan fingerprint density at radius 1 is 1.57 bits per heavy atom. The molecule has 76 valence electrons. The molecule has 1 rings (SSSR count). The maximum Gasteiger partial charge on any atom is 0.161 e. The van der Waals surface area contributed by atoms with Gasteiger partial charge in [0, 0.05) is 10.2 Å². The predicted molar refractivity (Wildman–Crippen MR) is 65.2 cm³/mol. The van der Waals surface area contributed by atoms with Gasteiger partial charge in [-0.25, -0.2) is 0 Å². The van der Waals surface area contributed by atoms with Crippen molar-refractivity contribution in [3.63, 3.8) is 0 Å². The number of hydrogen-bond acceptors (Lipinski definition) is 3. The number of phenols is 1. The van der Waals surface area contributed by atoms with Crippen LogP contribution in [-0.4, -0.2) is 18.0 Å². The van der Waals surface area contributed by atoms with E-state index >= 15 is 0 Å². The molecule has 0 heterocycles. The van der Waals surface area contributed by atoms with Crippen molar-refractivity contribution in [1.82, 2.24) is 0 Å². The molecule has 0 aliphatic rings. The third-order valence-electron chi connectivity index (χ3n) is 1.70. The third kappa shape index (κ3) is 2.69. The Morgan fingerprint density at radius 2 is 2.29 bits per heavy atom. The van der Waals surface area contributed by atoms with Crippen LogP contribution in [0, 0.1) is 0 Å². The molecule has 0 saturated heterocycles. The van der Waals surface area contributed by atoms with Crippen molar-refractivity contribution < 1.29 is 9.84 Å². The summed E-state index contributed by atoms with van der Waals surface area (Å²) in [6.07, 6.45) is 3.78. The molecule has 1 N–H and O–H groups in total. The summed E-state index contributed by atoms with van der Waals surface area (Å²) in [5.41, 5.74) is 0.900. The zero-order valence-corrected chi connectivity index (χ0v) is 10.2. The molecule has 1 aromatic rings. The van der Waals surface area contributed by atoms with E-state index in [1.807, 2.05) is 12.2 Å². The van der Waals surface area contributed by atoms with E-state index in [2.05, 4.69) is 28.6 Å². The number of phenolic OH excluding ortho intramolecular Hbond substituents is 1. The summed E-state index contributed by atoms with van der Waals surface area (Å²) in [6.45, 7) is 0. The van der Waals surface area contributed by atoms with Crippen LogP contribution in [0.3, 0.4) is 0 Å². The first-order valence-electron chi connectivity index (χ1n) is 4.03. The second kappa shape index (κ2) is 5.32. The Labute approximate surface area is 97.1 Å². The van der Waals surface area contributed by atoms with Crippen LogP contribution in [0.2, 0.25) is 0 Å². The number of thiol groups is 1. The highest BCUT2D eigenvalue weighted by Crippen LogP contribution is 2.32. The van der Waals surface area contributed by atoms with E-state index in [1.165, 1.54) is 7.11 Å². The minimum atomic E-state index is 0.134.